The quantitative estimate of drug-likeness (QED) is 0.758. The van der Waals surface area contributed by atoms with Crippen molar-refractivity contribution in [3.05, 3.63) is 0 Å². The lowest BCUT2D eigenvalue weighted by molar-refractivity contribution is -0.142. The highest BCUT2D eigenvalue weighted by Gasteiger charge is 2.42. The molecule has 0 saturated carbocycles. The SMILES string of the molecule is CC(C)(C)OC(=O)N1C[C@@H](NS(C)(=O)=O)C[C@H]1C(=O)O. The lowest BCUT2D eigenvalue weighted by Gasteiger charge is -2.26. The van der Waals surface area contributed by atoms with Gasteiger partial charge in [0.25, 0.3) is 0 Å². The molecule has 0 aliphatic carbocycles. The van der Waals surface area contributed by atoms with E-state index in [9.17, 15) is 18.0 Å². The van der Waals surface area contributed by atoms with Gasteiger partial charge in [-0.2, -0.15) is 0 Å². The number of carboxylic acid groups (broad SMARTS) is 1. The zero-order valence-corrected chi connectivity index (χ0v) is 12.7. The third-order valence-corrected chi connectivity index (χ3v) is 3.36. The van der Waals surface area contributed by atoms with Crippen molar-refractivity contribution < 1.29 is 27.9 Å². The van der Waals surface area contributed by atoms with Crippen molar-refractivity contribution in [3.63, 3.8) is 0 Å². The number of aliphatic carboxylic acids is 1. The summed E-state index contributed by atoms with van der Waals surface area (Å²) in [7, 11) is -3.46. The van der Waals surface area contributed by atoms with Crippen LogP contribution in [0.2, 0.25) is 0 Å². The number of carbonyl (C=O) groups excluding carboxylic acids is 1. The molecule has 1 aliphatic rings. The van der Waals surface area contributed by atoms with Crippen molar-refractivity contribution in [1.29, 1.82) is 0 Å². The fourth-order valence-corrected chi connectivity index (χ4v) is 2.76. The number of ether oxygens (including phenoxy) is 1. The molecule has 2 atom stereocenters. The molecule has 0 bridgehead atoms. The van der Waals surface area contributed by atoms with E-state index in [-0.39, 0.29) is 13.0 Å². The van der Waals surface area contributed by atoms with Gasteiger partial charge < -0.3 is 9.84 Å². The van der Waals surface area contributed by atoms with Gasteiger partial charge in [0.05, 0.1) is 6.26 Å². The Bertz CT molecular complexity index is 496. The first-order chi connectivity index (χ1) is 8.89. The maximum absolute atomic E-state index is 12.0. The number of likely N-dealkylation sites (tertiary alicyclic amines) is 1. The van der Waals surface area contributed by atoms with E-state index in [1.165, 1.54) is 0 Å². The average molecular weight is 308 g/mol. The zero-order chi connectivity index (χ0) is 15.7. The van der Waals surface area contributed by atoms with Gasteiger partial charge >= 0.3 is 12.1 Å². The molecule has 0 aromatic rings. The number of rotatable bonds is 3. The summed E-state index contributed by atoms with van der Waals surface area (Å²) in [6.07, 6.45) is 0.239. The molecule has 0 radical (unpaired) electrons. The van der Waals surface area contributed by atoms with Gasteiger partial charge in [0.15, 0.2) is 0 Å². The van der Waals surface area contributed by atoms with E-state index < -0.39 is 39.8 Å². The van der Waals surface area contributed by atoms with Crippen molar-refractivity contribution in [2.45, 2.75) is 44.9 Å². The molecule has 1 amide bonds. The van der Waals surface area contributed by atoms with Gasteiger partial charge in [-0.25, -0.2) is 22.7 Å². The van der Waals surface area contributed by atoms with Gasteiger partial charge in [0, 0.05) is 12.6 Å². The van der Waals surface area contributed by atoms with Crippen molar-refractivity contribution in [3.8, 4) is 0 Å². The van der Waals surface area contributed by atoms with Crippen LogP contribution in [-0.4, -0.2) is 61.0 Å². The molecule has 9 heteroatoms. The highest BCUT2D eigenvalue weighted by atomic mass is 32.2. The molecule has 1 rings (SSSR count). The van der Waals surface area contributed by atoms with E-state index in [1.54, 1.807) is 20.8 Å². The second-order valence-electron chi connectivity index (χ2n) is 5.81. The molecule has 0 aromatic heterocycles. The van der Waals surface area contributed by atoms with Crippen LogP contribution in [0.3, 0.4) is 0 Å². The van der Waals surface area contributed by atoms with Gasteiger partial charge in [0.2, 0.25) is 10.0 Å². The van der Waals surface area contributed by atoms with Crippen LogP contribution < -0.4 is 4.72 Å². The summed E-state index contributed by atoms with van der Waals surface area (Å²) in [6.45, 7) is 4.98. The first-order valence-corrected chi connectivity index (χ1v) is 7.98. The van der Waals surface area contributed by atoms with Crippen LogP contribution in [0.1, 0.15) is 27.2 Å². The Morgan fingerprint density at radius 3 is 2.30 bits per heavy atom. The van der Waals surface area contributed by atoms with Crippen molar-refractivity contribution in [2.24, 2.45) is 0 Å². The number of amides is 1. The number of carboxylic acids is 1. The highest BCUT2D eigenvalue weighted by molar-refractivity contribution is 7.88. The summed E-state index contributed by atoms with van der Waals surface area (Å²) in [5.41, 5.74) is -0.748. The minimum absolute atomic E-state index is 0.0155. The number of nitrogens with zero attached hydrogens (tertiary/aromatic N) is 1. The zero-order valence-electron chi connectivity index (χ0n) is 11.9. The molecule has 116 valence electrons. The van der Waals surface area contributed by atoms with Crippen molar-refractivity contribution >= 4 is 22.1 Å². The highest BCUT2D eigenvalue weighted by Crippen LogP contribution is 2.22. The van der Waals surface area contributed by atoms with Gasteiger partial charge in [-0.3, -0.25) is 4.90 Å². The lowest BCUT2D eigenvalue weighted by atomic mass is 10.2. The molecule has 1 heterocycles. The van der Waals surface area contributed by atoms with Crippen LogP contribution in [0.25, 0.3) is 0 Å². The number of carbonyl (C=O) groups is 2. The van der Waals surface area contributed by atoms with E-state index in [2.05, 4.69) is 4.72 Å². The Morgan fingerprint density at radius 1 is 1.35 bits per heavy atom. The third kappa shape index (κ3) is 4.97. The fraction of sp³-hybridized carbons (Fsp3) is 0.818. The van der Waals surface area contributed by atoms with Gasteiger partial charge in [0.1, 0.15) is 11.6 Å². The van der Waals surface area contributed by atoms with Crippen LogP contribution in [0.5, 0.6) is 0 Å². The predicted molar refractivity (Wildman–Crippen MR) is 70.7 cm³/mol. The summed E-state index contributed by atoms with van der Waals surface area (Å²) in [4.78, 5) is 24.2. The lowest BCUT2D eigenvalue weighted by Crippen LogP contribution is -2.44. The summed E-state index contributed by atoms with van der Waals surface area (Å²) in [5, 5.41) is 9.12. The summed E-state index contributed by atoms with van der Waals surface area (Å²) >= 11 is 0. The molecule has 1 saturated heterocycles. The largest absolute Gasteiger partial charge is 0.480 e. The second kappa shape index (κ2) is 5.57. The van der Waals surface area contributed by atoms with Crippen molar-refractivity contribution in [1.82, 2.24) is 9.62 Å². The van der Waals surface area contributed by atoms with Crippen LogP contribution >= 0.6 is 0 Å². The smallest absolute Gasteiger partial charge is 0.411 e. The fourth-order valence-electron chi connectivity index (χ4n) is 1.98. The standard InChI is InChI=1S/C11H20N2O6S/c1-11(2,3)19-10(16)13-6-7(12-20(4,17)18)5-8(13)9(14)15/h7-8,12H,5-6H2,1-4H3,(H,14,15)/t7-,8-/m0/s1. The molecule has 1 fully saturated rings. The van der Waals surface area contributed by atoms with Crippen LogP contribution in [0, 0.1) is 0 Å². The minimum atomic E-state index is -3.46. The van der Waals surface area contributed by atoms with Crippen LogP contribution in [-0.2, 0) is 19.6 Å². The molecule has 0 spiro atoms. The van der Waals surface area contributed by atoms with Gasteiger partial charge in [-0.15, -0.1) is 0 Å². The average Bonchev–Trinajstić information content (AvgIpc) is 2.56. The van der Waals surface area contributed by atoms with Crippen molar-refractivity contribution in [2.75, 3.05) is 12.8 Å². The number of nitrogens with one attached hydrogen (secondary N) is 1. The number of hydrogen-bond acceptors (Lipinski definition) is 5. The molecule has 0 unspecified atom stereocenters. The topological polar surface area (TPSA) is 113 Å². The summed E-state index contributed by atoms with van der Waals surface area (Å²) < 4.78 is 29.8. The third-order valence-electron chi connectivity index (χ3n) is 2.59. The molecule has 0 aromatic carbocycles. The van der Waals surface area contributed by atoms with E-state index in [4.69, 9.17) is 9.84 Å². The summed E-state index contributed by atoms with van der Waals surface area (Å²) in [6, 6.07) is -1.72. The monoisotopic (exact) mass is 308 g/mol. The van der Waals surface area contributed by atoms with E-state index >= 15 is 0 Å². The summed E-state index contributed by atoms with van der Waals surface area (Å²) in [5.74, 6) is -1.19. The normalized spacial score (nSPS) is 23.7. The van der Waals surface area contributed by atoms with Crippen LogP contribution in [0.4, 0.5) is 4.79 Å². The van der Waals surface area contributed by atoms with Gasteiger partial charge in [-0.1, -0.05) is 0 Å². The molecule has 2 N–H and O–H groups in total. The predicted octanol–water partition coefficient (Wildman–Crippen LogP) is -0.00180. The Kier molecular flexibility index (Phi) is 4.65. The van der Waals surface area contributed by atoms with Gasteiger partial charge in [-0.05, 0) is 27.2 Å². The maximum Gasteiger partial charge on any atom is 0.411 e. The molecular formula is C11H20N2O6S. The molecule has 1 aliphatic heterocycles. The first kappa shape index (κ1) is 16.7. The van der Waals surface area contributed by atoms with E-state index in [1.807, 2.05) is 0 Å². The minimum Gasteiger partial charge on any atom is -0.480 e. The van der Waals surface area contributed by atoms with Crippen LogP contribution in [0.15, 0.2) is 0 Å². The van der Waals surface area contributed by atoms with E-state index in [0.29, 0.717) is 0 Å². The van der Waals surface area contributed by atoms with E-state index in [0.717, 1.165) is 11.2 Å². The maximum atomic E-state index is 12.0. The number of sulfonamides is 1. The molecular weight excluding hydrogens is 288 g/mol. The number of hydrogen-bond donors (Lipinski definition) is 2. The Morgan fingerprint density at radius 2 is 1.90 bits per heavy atom. The first-order valence-electron chi connectivity index (χ1n) is 6.09. The Hall–Kier alpha value is -1.35. The Labute approximate surface area is 118 Å². The second-order valence-corrected chi connectivity index (χ2v) is 7.59. The Balaban J connectivity index is 2.83. The molecule has 20 heavy (non-hydrogen) atoms. The molecule has 8 nitrogen and oxygen atoms in total.